The van der Waals surface area contributed by atoms with E-state index in [4.69, 9.17) is 4.74 Å². The maximum absolute atomic E-state index is 12.9. The van der Waals surface area contributed by atoms with Gasteiger partial charge in [0.1, 0.15) is 12.3 Å². The number of benzene rings is 2. The number of aliphatic hydroxyl groups excluding tert-OH is 1. The lowest BCUT2D eigenvalue weighted by Crippen LogP contribution is -2.73. The first kappa shape index (κ1) is 21.2. The number of nitrogens with zero attached hydrogens (tertiary/aromatic N) is 3. The van der Waals surface area contributed by atoms with Gasteiger partial charge in [-0.25, -0.2) is 0 Å². The molecular weight excluding hydrogens is 418 g/mol. The molecule has 0 bridgehead atoms. The average molecular weight is 444 g/mol. The van der Waals surface area contributed by atoms with E-state index < -0.39 is 0 Å². The van der Waals surface area contributed by atoms with Crippen LogP contribution in [0.2, 0.25) is 0 Å². The molecule has 5 rings (SSSR count). The van der Waals surface area contributed by atoms with Gasteiger partial charge in [-0.2, -0.15) is 0 Å². The number of fused-ring (bicyclic) bond motifs is 1. The number of carbonyl (C=O) groups excluding carboxylic acids is 2. The molecule has 33 heavy (non-hydrogen) atoms. The molecule has 2 aromatic carbocycles. The van der Waals surface area contributed by atoms with Crippen molar-refractivity contribution in [2.75, 3.05) is 26.8 Å². The van der Waals surface area contributed by atoms with Crippen LogP contribution >= 0.6 is 0 Å². The van der Waals surface area contributed by atoms with Crippen LogP contribution < -0.4 is 4.74 Å². The molecule has 3 aromatic rings. The number of pyridine rings is 1. The second kappa shape index (κ2) is 8.67. The largest absolute Gasteiger partial charge is 0.497 e. The van der Waals surface area contributed by atoms with E-state index in [1.807, 2.05) is 48.5 Å². The zero-order valence-corrected chi connectivity index (χ0v) is 18.3. The number of amides is 2. The minimum absolute atomic E-state index is 0.0161. The molecule has 1 N–H and O–H groups in total. The first-order chi connectivity index (χ1) is 16.1. The first-order valence-electron chi connectivity index (χ1n) is 11.0. The highest BCUT2D eigenvalue weighted by molar-refractivity contribution is 5.97. The fourth-order valence-electron chi connectivity index (χ4n) is 5.03. The number of carbonyl (C=O) groups is 2. The van der Waals surface area contributed by atoms with Crippen molar-refractivity contribution >= 4 is 11.8 Å². The summed E-state index contributed by atoms with van der Waals surface area (Å²) in [5.41, 5.74) is 3.62. The fourth-order valence-corrected chi connectivity index (χ4v) is 5.03. The topological polar surface area (TPSA) is 83.0 Å². The molecule has 1 aromatic heterocycles. The Kier molecular flexibility index (Phi) is 5.56. The van der Waals surface area contributed by atoms with Crippen molar-refractivity contribution in [2.24, 2.45) is 0 Å². The van der Waals surface area contributed by atoms with E-state index in [-0.39, 0.29) is 43.0 Å². The van der Waals surface area contributed by atoms with Crippen LogP contribution in [0.25, 0.3) is 11.1 Å². The maximum atomic E-state index is 12.9. The van der Waals surface area contributed by atoms with E-state index in [0.29, 0.717) is 12.1 Å². The second-order valence-corrected chi connectivity index (χ2v) is 8.43. The minimum Gasteiger partial charge on any atom is -0.497 e. The van der Waals surface area contributed by atoms with E-state index in [1.54, 1.807) is 35.2 Å². The van der Waals surface area contributed by atoms with Gasteiger partial charge >= 0.3 is 0 Å². The number of methoxy groups -OCH3 is 1. The zero-order valence-electron chi connectivity index (χ0n) is 18.3. The molecule has 2 aliphatic heterocycles. The van der Waals surface area contributed by atoms with Crippen molar-refractivity contribution in [3.05, 3.63) is 84.2 Å². The highest BCUT2D eigenvalue weighted by Gasteiger charge is 2.54. The molecule has 3 heterocycles. The Balaban J connectivity index is 1.38. The third-order valence-electron chi connectivity index (χ3n) is 6.65. The number of aromatic nitrogens is 1. The van der Waals surface area contributed by atoms with Crippen molar-refractivity contribution in [3.63, 3.8) is 0 Å². The summed E-state index contributed by atoms with van der Waals surface area (Å²) in [6.45, 7) is 0.335. The van der Waals surface area contributed by atoms with Crippen LogP contribution in [0, 0.1) is 0 Å². The lowest BCUT2D eigenvalue weighted by Gasteiger charge is -2.58. The average Bonchev–Trinajstić information content (AvgIpc) is 2.85. The standard InChI is InChI=1S/C26H25N3O4/c1-33-21-6-2-4-19(12-21)17-7-9-18(10-8-17)25-22-14-28(15-24(31)29(22)23(25)16-30)26(32)20-5-3-11-27-13-20/h2-13,22-23,25,30H,14-16H2,1H3/t22-,23+,25-/m0/s1. The second-order valence-electron chi connectivity index (χ2n) is 8.43. The van der Waals surface area contributed by atoms with Crippen LogP contribution in [0.1, 0.15) is 21.8 Å². The Hall–Kier alpha value is -3.71. The van der Waals surface area contributed by atoms with Gasteiger partial charge in [-0.15, -0.1) is 0 Å². The number of hydrogen-bond acceptors (Lipinski definition) is 5. The van der Waals surface area contributed by atoms with Gasteiger partial charge in [-0.3, -0.25) is 14.6 Å². The van der Waals surface area contributed by atoms with Gasteiger partial charge in [0.2, 0.25) is 5.91 Å². The fraction of sp³-hybridized carbons (Fsp3) is 0.269. The molecule has 7 heteroatoms. The molecule has 2 amide bonds. The number of ether oxygens (including phenoxy) is 1. The van der Waals surface area contributed by atoms with E-state index in [1.165, 1.54) is 6.20 Å². The van der Waals surface area contributed by atoms with Gasteiger partial charge in [-0.1, -0.05) is 36.4 Å². The predicted molar refractivity (Wildman–Crippen MR) is 123 cm³/mol. The molecule has 0 aliphatic carbocycles. The van der Waals surface area contributed by atoms with Crippen molar-refractivity contribution in [1.82, 2.24) is 14.8 Å². The minimum atomic E-state index is -0.277. The van der Waals surface area contributed by atoms with E-state index >= 15 is 0 Å². The number of hydrogen-bond donors (Lipinski definition) is 1. The zero-order chi connectivity index (χ0) is 22.9. The van der Waals surface area contributed by atoms with Gasteiger partial charge in [0, 0.05) is 24.9 Å². The summed E-state index contributed by atoms with van der Waals surface area (Å²) in [4.78, 5) is 33.1. The van der Waals surface area contributed by atoms with Crippen LogP contribution in [0.4, 0.5) is 0 Å². The third kappa shape index (κ3) is 3.74. The smallest absolute Gasteiger partial charge is 0.255 e. The van der Waals surface area contributed by atoms with E-state index in [2.05, 4.69) is 4.98 Å². The van der Waals surface area contributed by atoms with Crippen molar-refractivity contribution < 1.29 is 19.4 Å². The Bertz CT molecular complexity index is 1170. The van der Waals surface area contributed by atoms with E-state index in [9.17, 15) is 14.7 Å². The lowest BCUT2D eigenvalue weighted by molar-refractivity contribution is -0.159. The Morgan fingerprint density at radius 3 is 2.64 bits per heavy atom. The molecule has 0 spiro atoms. The van der Waals surface area contributed by atoms with E-state index in [0.717, 1.165) is 22.4 Å². The SMILES string of the molecule is COc1cccc(-c2ccc([C@@H]3[C@@H](CO)N4C(=O)CN(C(=O)c5cccnc5)C[C@@H]34)cc2)c1. The van der Waals surface area contributed by atoms with Gasteiger partial charge in [-0.05, 0) is 41.0 Å². The van der Waals surface area contributed by atoms with Gasteiger partial charge in [0.05, 0.1) is 31.4 Å². The predicted octanol–water partition coefficient (Wildman–Crippen LogP) is 2.57. The summed E-state index contributed by atoms with van der Waals surface area (Å²) >= 11 is 0. The molecule has 0 saturated carbocycles. The summed E-state index contributed by atoms with van der Waals surface area (Å²) in [6.07, 6.45) is 3.13. The summed E-state index contributed by atoms with van der Waals surface area (Å²) in [7, 11) is 1.65. The summed E-state index contributed by atoms with van der Waals surface area (Å²) in [5.74, 6) is 0.427. The number of rotatable bonds is 5. The number of piperazine rings is 1. The van der Waals surface area contributed by atoms with Crippen LogP contribution in [-0.2, 0) is 4.79 Å². The van der Waals surface area contributed by atoms with Crippen LogP contribution in [-0.4, -0.2) is 70.6 Å². The Morgan fingerprint density at radius 2 is 1.94 bits per heavy atom. The Morgan fingerprint density at radius 1 is 1.12 bits per heavy atom. The van der Waals surface area contributed by atoms with Gasteiger partial charge < -0.3 is 19.6 Å². The summed E-state index contributed by atoms with van der Waals surface area (Å²) < 4.78 is 5.32. The quantitative estimate of drug-likeness (QED) is 0.655. The van der Waals surface area contributed by atoms with Gasteiger partial charge in [0.25, 0.3) is 5.91 Å². The first-order valence-corrected chi connectivity index (χ1v) is 11.0. The van der Waals surface area contributed by atoms with Crippen molar-refractivity contribution in [3.8, 4) is 16.9 Å². The normalized spacial score (nSPS) is 21.9. The maximum Gasteiger partial charge on any atom is 0.255 e. The molecule has 2 saturated heterocycles. The number of aliphatic hydroxyl groups is 1. The lowest BCUT2D eigenvalue weighted by atomic mass is 9.73. The Labute approximate surface area is 192 Å². The molecule has 168 valence electrons. The molecule has 3 atom stereocenters. The van der Waals surface area contributed by atoms with Crippen LogP contribution in [0.5, 0.6) is 5.75 Å². The van der Waals surface area contributed by atoms with Gasteiger partial charge in [0.15, 0.2) is 0 Å². The van der Waals surface area contributed by atoms with Crippen LogP contribution in [0.3, 0.4) is 0 Å². The third-order valence-corrected chi connectivity index (χ3v) is 6.65. The van der Waals surface area contributed by atoms with Crippen molar-refractivity contribution in [1.29, 1.82) is 0 Å². The molecule has 0 radical (unpaired) electrons. The summed E-state index contributed by atoms with van der Waals surface area (Å²) in [6, 6.07) is 19.0. The van der Waals surface area contributed by atoms with Crippen molar-refractivity contribution in [2.45, 2.75) is 18.0 Å². The molecule has 2 fully saturated rings. The molecular formula is C26H25N3O4. The molecule has 7 nitrogen and oxygen atoms in total. The summed E-state index contributed by atoms with van der Waals surface area (Å²) in [5, 5.41) is 10.0. The molecule has 2 aliphatic rings. The molecule has 0 unspecified atom stereocenters. The van der Waals surface area contributed by atoms with Crippen LogP contribution in [0.15, 0.2) is 73.1 Å². The highest BCUT2D eigenvalue weighted by atomic mass is 16.5. The monoisotopic (exact) mass is 443 g/mol. The highest BCUT2D eigenvalue weighted by Crippen LogP contribution is 2.43.